The maximum absolute atomic E-state index is 12.8. The first kappa shape index (κ1) is 17.4. The van der Waals surface area contributed by atoms with Gasteiger partial charge < -0.3 is 14.6 Å². The predicted octanol–water partition coefficient (Wildman–Crippen LogP) is 4.13. The molecular weight excluding hydrogens is 377 g/mol. The Labute approximate surface area is 139 Å². The lowest BCUT2D eigenvalue weighted by Gasteiger charge is -2.17. The van der Waals surface area contributed by atoms with Crippen molar-refractivity contribution in [2.75, 3.05) is 18.9 Å². The standard InChI is InChI=1S/C15H14BrF3N2O2/c1-21(9-11-3-2-6-23-11)14(22)8-20-10-4-5-13(16)12(7-10)15(17,18)19/h2-7,20H,8-9H2,1H3. The quantitative estimate of drug-likeness (QED) is 0.834. The molecule has 1 aromatic heterocycles. The largest absolute Gasteiger partial charge is 0.467 e. The summed E-state index contributed by atoms with van der Waals surface area (Å²) >= 11 is 2.87. The van der Waals surface area contributed by atoms with Gasteiger partial charge in [-0.05, 0) is 30.3 Å². The van der Waals surface area contributed by atoms with Crippen LogP contribution in [0.5, 0.6) is 0 Å². The van der Waals surface area contributed by atoms with Crippen molar-refractivity contribution < 1.29 is 22.4 Å². The molecule has 4 nitrogen and oxygen atoms in total. The van der Waals surface area contributed by atoms with Crippen LogP contribution in [0.3, 0.4) is 0 Å². The minimum absolute atomic E-state index is 0.0446. The number of amides is 1. The van der Waals surface area contributed by atoms with Crippen molar-refractivity contribution in [1.82, 2.24) is 4.90 Å². The molecular formula is C15H14BrF3N2O2. The van der Waals surface area contributed by atoms with E-state index in [1.165, 1.54) is 23.3 Å². The molecule has 0 radical (unpaired) electrons. The fourth-order valence-corrected chi connectivity index (χ4v) is 2.36. The van der Waals surface area contributed by atoms with Gasteiger partial charge in [0.05, 0.1) is 24.9 Å². The number of likely N-dealkylation sites (N-methyl/N-ethyl adjacent to an activating group) is 1. The monoisotopic (exact) mass is 390 g/mol. The summed E-state index contributed by atoms with van der Waals surface area (Å²) in [7, 11) is 1.59. The molecule has 0 unspecified atom stereocenters. The number of halogens is 4. The molecule has 8 heteroatoms. The number of anilines is 1. The van der Waals surface area contributed by atoms with Gasteiger partial charge in [0.1, 0.15) is 5.76 Å². The number of hydrogen-bond acceptors (Lipinski definition) is 3. The van der Waals surface area contributed by atoms with Crippen LogP contribution in [0.25, 0.3) is 0 Å². The molecule has 1 aromatic carbocycles. The summed E-state index contributed by atoms with van der Waals surface area (Å²) in [6.45, 7) is 0.178. The Morgan fingerprint density at radius 2 is 2.09 bits per heavy atom. The summed E-state index contributed by atoms with van der Waals surface area (Å²) in [6.07, 6.45) is -2.96. The fraction of sp³-hybridized carbons (Fsp3) is 0.267. The average Bonchev–Trinajstić information content (AvgIpc) is 2.97. The number of hydrogen-bond donors (Lipinski definition) is 1. The van der Waals surface area contributed by atoms with E-state index in [-0.39, 0.29) is 22.6 Å². The van der Waals surface area contributed by atoms with Crippen molar-refractivity contribution in [2.45, 2.75) is 12.7 Å². The van der Waals surface area contributed by atoms with Gasteiger partial charge in [-0.1, -0.05) is 15.9 Å². The maximum atomic E-state index is 12.8. The van der Waals surface area contributed by atoms with Gasteiger partial charge in [-0.25, -0.2) is 0 Å². The van der Waals surface area contributed by atoms with Crippen LogP contribution in [-0.2, 0) is 17.5 Å². The van der Waals surface area contributed by atoms with Crippen LogP contribution in [-0.4, -0.2) is 24.4 Å². The zero-order valence-corrected chi connectivity index (χ0v) is 13.7. The molecule has 0 bridgehead atoms. The van der Waals surface area contributed by atoms with E-state index in [4.69, 9.17) is 4.42 Å². The number of nitrogens with one attached hydrogen (secondary N) is 1. The molecule has 0 fully saturated rings. The van der Waals surface area contributed by atoms with Gasteiger partial charge in [-0.2, -0.15) is 13.2 Å². The molecule has 0 saturated carbocycles. The third-order valence-electron chi connectivity index (χ3n) is 3.11. The topological polar surface area (TPSA) is 45.5 Å². The predicted molar refractivity (Wildman–Crippen MR) is 82.8 cm³/mol. The highest BCUT2D eigenvalue weighted by Crippen LogP contribution is 2.36. The van der Waals surface area contributed by atoms with E-state index < -0.39 is 11.7 Å². The number of carbonyl (C=O) groups is 1. The zero-order chi connectivity index (χ0) is 17.0. The second-order valence-corrected chi connectivity index (χ2v) is 5.73. The van der Waals surface area contributed by atoms with Gasteiger partial charge in [0, 0.05) is 17.2 Å². The number of rotatable bonds is 5. The molecule has 0 atom stereocenters. The Balaban J connectivity index is 1.96. The Bertz CT molecular complexity index is 672. The molecule has 2 aromatic rings. The van der Waals surface area contributed by atoms with Crippen molar-refractivity contribution in [3.63, 3.8) is 0 Å². The van der Waals surface area contributed by atoms with Gasteiger partial charge in [-0.3, -0.25) is 4.79 Å². The van der Waals surface area contributed by atoms with Gasteiger partial charge in [-0.15, -0.1) is 0 Å². The highest BCUT2D eigenvalue weighted by molar-refractivity contribution is 9.10. The van der Waals surface area contributed by atoms with Crippen LogP contribution in [0.15, 0.2) is 45.5 Å². The Hall–Kier alpha value is -1.96. The van der Waals surface area contributed by atoms with E-state index in [0.29, 0.717) is 12.3 Å². The van der Waals surface area contributed by atoms with Crippen molar-refractivity contribution >= 4 is 27.5 Å². The molecule has 2 rings (SSSR count). The van der Waals surface area contributed by atoms with Crippen LogP contribution in [0.4, 0.5) is 18.9 Å². The summed E-state index contributed by atoms with van der Waals surface area (Å²) < 4.78 is 43.6. The molecule has 0 aliphatic carbocycles. The minimum Gasteiger partial charge on any atom is -0.467 e. The smallest absolute Gasteiger partial charge is 0.417 e. The third-order valence-corrected chi connectivity index (χ3v) is 3.81. The molecule has 124 valence electrons. The molecule has 0 aliphatic heterocycles. The number of furan rings is 1. The normalized spacial score (nSPS) is 11.3. The molecule has 0 saturated heterocycles. The Morgan fingerprint density at radius 3 is 2.70 bits per heavy atom. The SMILES string of the molecule is CN(Cc1ccco1)C(=O)CNc1ccc(Br)c(C(F)(F)F)c1. The third kappa shape index (κ3) is 4.75. The summed E-state index contributed by atoms with van der Waals surface area (Å²) in [5.74, 6) is 0.363. The lowest BCUT2D eigenvalue weighted by atomic mass is 10.2. The van der Waals surface area contributed by atoms with Crippen molar-refractivity contribution in [3.05, 3.63) is 52.4 Å². The number of benzene rings is 1. The molecule has 0 aliphatic rings. The average molecular weight is 391 g/mol. The molecule has 1 N–H and O–H groups in total. The lowest BCUT2D eigenvalue weighted by molar-refractivity contribution is -0.138. The molecule has 23 heavy (non-hydrogen) atoms. The van der Waals surface area contributed by atoms with E-state index in [1.54, 1.807) is 19.2 Å². The van der Waals surface area contributed by atoms with Crippen molar-refractivity contribution in [3.8, 4) is 0 Å². The minimum atomic E-state index is -4.46. The summed E-state index contributed by atoms with van der Waals surface area (Å²) in [5, 5.41) is 2.70. The highest BCUT2D eigenvalue weighted by Gasteiger charge is 2.33. The van der Waals surface area contributed by atoms with E-state index >= 15 is 0 Å². The second kappa shape index (κ2) is 7.08. The number of alkyl halides is 3. The van der Waals surface area contributed by atoms with E-state index in [1.807, 2.05) is 0 Å². The Kier molecular flexibility index (Phi) is 5.35. The van der Waals surface area contributed by atoms with Crippen LogP contribution in [0.2, 0.25) is 0 Å². The van der Waals surface area contributed by atoms with Crippen LogP contribution in [0, 0.1) is 0 Å². The van der Waals surface area contributed by atoms with E-state index in [9.17, 15) is 18.0 Å². The molecule has 0 spiro atoms. The van der Waals surface area contributed by atoms with Crippen LogP contribution < -0.4 is 5.32 Å². The maximum Gasteiger partial charge on any atom is 0.417 e. The second-order valence-electron chi connectivity index (χ2n) is 4.88. The van der Waals surface area contributed by atoms with Crippen molar-refractivity contribution in [2.24, 2.45) is 0 Å². The van der Waals surface area contributed by atoms with Gasteiger partial charge in [0.25, 0.3) is 0 Å². The van der Waals surface area contributed by atoms with Crippen LogP contribution in [0.1, 0.15) is 11.3 Å². The summed E-state index contributed by atoms with van der Waals surface area (Å²) in [5.41, 5.74) is -0.570. The summed E-state index contributed by atoms with van der Waals surface area (Å²) in [6, 6.07) is 7.18. The Morgan fingerprint density at radius 1 is 1.35 bits per heavy atom. The number of carbonyl (C=O) groups excluding carboxylic acids is 1. The summed E-state index contributed by atoms with van der Waals surface area (Å²) in [4.78, 5) is 13.4. The first-order chi connectivity index (χ1) is 10.8. The number of nitrogens with zero attached hydrogens (tertiary/aromatic N) is 1. The zero-order valence-electron chi connectivity index (χ0n) is 12.2. The molecule has 1 amide bonds. The van der Waals surface area contributed by atoms with Gasteiger partial charge in [0.2, 0.25) is 5.91 Å². The van der Waals surface area contributed by atoms with E-state index in [2.05, 4.69) is 21.2 Å². The first-order valence-corrected chi connectivity index (χ1v) is 7.43. The van der Waals surface area contributed by atoms with Crippen molar-refractivity contribution in [1.29, 1.82) is 0 Å². The van der Waals surface area contributed by atoms with E-state index in [0.717, 1.165) is 6.07 Å². The fourth-order valence-electron chi connectivity index (χ4n) is 1.89. The van der Waals surface area contributed by atoms with Gasteiger partial charge in [0.15, 0.2) is 0 Å². The van der Waals surface area contributed by atoms with Crippen LogP contribution >= 0.6 is 15.9 Å². The van der Waals surface area contributed by atoms with Gasteiger partial charge >= 0.3 is 6.18 Å². The molecule has 1 heterocycles. The first-order valence-electron chi connectivity index (χ1n) is 6.64. The lowest BCUT2D eigenvalue weighted by Crippen LogP contribution is -2.31. The highest BCUT2D eigenvalue weighted by atomic mass is 79.9.